The summed E-state index contributed by atoms with van der Waals surface area (Å²) in [5.41, 5.74) is 8.74. The van der Waals surface area contributed by atoms with E-state index < -0.39 is 0 Å². The number of nitrogens with zero attached hydrogens (tertiary/aromatic N) is 1. The summed E-state index contributed by atoms with van der Waals surface area (Å²) < 4.78 is 11.8. The first-order chi connectivity index (χ1) is 15.1. The molecule has 3 N–H and O–H groups in total. The van der Waals surface area contributed by atoms with E-state index in [2.05, 4.69) is 31.1 Å². The van der Waals surface area contributed by atoms with Gasteiger partial charge in [-0.2, -0.15) is 9.59 Å². The van der Waals surface area contributed by atoms with Gasteiger partial charge in [0.05, 0.1) is 23.6 Å². The summed E-state index contributed by atoms with van der Waals surface area (Å²) in [4.78, 5) is 32.9. The Morgan fingerprint density at radius 2 is 1.88 bits per heavy atom. The number of nitrogens with two attached hydrogens (primary N) is 1. The first-order valence-electron chi connectivity index (χ1n) is 10.8. The van der Waals surface area contributed by atoms with Crippen LogP contribution in [0.1, 0.15) is 52.1 Å². The number of pyridine rings is 1. The maximum atomic E-state index is 12.1. The molecule has 1 saturated carbocycles. The van der Waals surface area contributed by atoms with Crippen molar-refractivity contribution in [2.45, 2.75) is 65.5 Å². The Hall–Kier alpha value is -2.96. The molecule has 3 rings (SSSR count). The summed E-state index contributed by atoms with van der Waals surface area (Å²) >= 11 is 0. The number of carbonyl (C=O) groups excluding carboxylic acids is 3. The van der Waals surface area contributed by atoms with Crippen molar-refractivity contribution < 1.29 is 23.9 Å². The number of hydrogen-bond donors (Lipinski definition) is 2. The van der Waals surface area contributed by atoms with E-state index in [1.807, 2.05) is 31.2 Å². The highest BCUT2D eigenvalue weighted by molar-refractivity contribution is 5.95. The molecule has 174 valence electrons. The topological polar surface area (TPSA) is 121 Å². The Morgan fingerprint density at radius 1 is 1.22 bits per heavy atom. The Labute approximate surface area is 188 Å². The summed E-state index contributed by atoms with van der Waals surface area (Å²) in [6.07, 6.45) is 3.94. The normalized spacial score (nSPS) is 18.2. The van der Waals surface area contributed by atoms with Gasteiger partial charge in [0.1, 0.15) is 12.4 Å². The lowest BCUT2D eigenvalue weighted by molar-refractivity contribution is -0.191. The van der Waals surface area contributed by atoms with Crippen molar-refractivity contribution in [3.05, 3.63) is 30.0 Å². The van der Waals surface area contributed by atoms with Crippen molar-refractivity contribution in [3.8, 4) is 5.75 Å². The summed E-state index contributed by atoms with van der Waals surface area (Å²) in [5, 5.41) is 3.96. The number of benzene rings is 1. The molecule has 0 saturated heterocycles. The fraction of sp³-hybridized carbons (Fsp3) is 0.542. The second-order valence-electron chi connectivity index (χ2n) is 9.30. The number of nitrogens with one attached hydrogen (secondary N) is 1. The number of ether oxygens (including phenoxy) is 2. The van der Waals surface area contributed by atoms with Crippen LogP contribution in [0.2, 0.25) is 0 Å². The third-order valence-electron chi connectivity index (χ3n) is 5.06. The zero-order chi connectivity index (χ0) is 23.7. The lowest BCUT2D eigenvalue weighted by Gasteiger charge is -2.30. The molecular formula is C24H33N3O5. The van der Waals surface area contributed by atoms with E-state index in [-0.39, 0.29) is 36.2 Å². The zero-order valence-electron chi connectivity index (χ0n) is 19.3. The van der Waals surface area contributed by atoms with Gasteiger partial charge >= 0.3 is 6.15 Å². The first kappa shape index (κ1) is 25.3. The van der Waals surface area contributed by atoms with E-state index in [4.69, 9.17) is 24.8 Å². The highest BCUT2D eigenvalue weighted by atomic mass is 16.5. The molecule has 1 aliphatic carbocycles. The Kier molecular flexibility index (Phi) is 9.17. The summed E-state index contributed by atoms with van der Waals surface area (Å²) in [6.45, 7) is 8.90. The maximum absolute atomic E-state index is 12.1. The van der Waals surface area contributed by atoms with Crippen LogP contribution in [0, 0.1) is 12.3 Å². The number of anilines is 1. The molecule has 1 amide bonds. The number of aryl methyl sites for hydroxylation is 1. The van der Waals surface area contributed by atoms with E-state index >= 15 is 0 Å². The molecule has 1 fully saturated rings. The molecular weight excluding hydrogens is 410 g/mol. The summed E-state index contributed by atoms with van der Waals surface area (Å²) in [5.74, 6) is 0.748. The van der Waals surface area contributed by atoms with Crippen molar-refractivity contribution in [2.75, 3.05) is 18.9 Å². The van der Waals surface area contributed by atoms with Crippen LogP contribution >= 0.6 is 0 Å². The van der Waals surface area contributed by atoms with Crippen LogP contribution in [0.15, 0.2) is 24.3 Å². The van der Waals surface area contributed by atoms with Gasteiger partial charge in [-0.1, -0.05) is 26.8 Å². The SMILES string of the molecule is Cc1cc(N)c2c(OC3CCC(NC(=O)COCC(C)(C)C)CC3)cccc2n1.O=C=O. The molecule has 8 nitrogen and oxygen atoms in total. The molecule has 0 bridgehead atoms. The van der Waals surface area contributed by atoms with Gasteiger partial charge in [-0.3, -0.25) is 9.78 Å². The molecule has 0 radical (unpaired) electrons. The maximum Gasteiger partial charge on any atom is 0.373 e. The number of nitrogen functional groups attached to an aromatic ring is 1. The van der Waals surface area contributed by atoms with Crippen LogP contribution in [0.3, 0.4) is 0 Å². The smallest absolute Gasteiger partial charge is 0.373 e. The van der Waals surface area contributed by atoms with E-state index in [9.17, 15) is 4.79 Å². The van der Waals surface area contributed by atoms with E-state index in [1.54, 1.807) is 0 Å². The molecule has 0 unspecified atom stereocenters. The van der Waals surface area contributed by atoms with Gasteiger partial charge in [0.15, 0.2) is 0 Å². The predicted molar refractivity (Wildman–Crippen MR) is 121 cm³/mol. The van der Waals surface area contributed by atoms with Gasteiger partial charge < -0.3 is 20.5 Å². The number of aromatic nitrogens is 1. The van der Waals surface area contributed by atoms with Gasteiger partial charge in [-0.25, -0.2) is 0 Å². The van der Waals surface area contributed by atoms with E-state index in [0.29, 0.717) is 12.3 Å². The quantitative estimate of drug-likeness (QED) is 0.702. The summed E-state index contributed by atoms with van der Waals surface area (Å²) in [7, 11) is 0. The second-order valence-corrected chi connectivity index (χ2v) is 9.30. The lowest BCUT2D eigenvalue weighted by atomic mass is 9.93. The number of amides is 1. The molecule has 1 aliphatic rings. The van der Waals surface area contributed by atoms with Gasteiger partial charge in [0.2, 0.25) is 5.91 Å². The third kappa shape index (κ3) is 7.94. The van der Waals surface area contributed by atoms with Crippen LogP contribution in [0.4, 0.5) is 5.69 Å². The third-order valence-corrected chi connectivity index (χ3v) is 5.06. The first-order valence-corrected chi connectivity index (χ1v) is 10.8. The van der Waals surface area contributed by atoms with Crippen molar-refractivity contribution in [3.63, 3.8) is 0 Å². The second kappa shape index (κ2) is 11.6. The lowest BCUT2D eigenvalue weighted by Crippen LogP contribution is -2.41. The van der Waals surface area contributed by atoms with Crippen molar-refractivity contribution in [1.29, 1.82) is 0 Å². The zero-order valence-corrected chi connectivity index (χ0v) is 19.3. The molecule has 8 heteroatoms. The number of rotatable bonds is 6. The van der Waals surface area contributed by atoms with Gasteiger partial charge in [-0.15, -0.1) is 0 Å². The summed E-state index contributed by atoms with van der Waals surface area (Å²) in [6, 6.07) is 7.93. The van der Waals surface area contributed by atoms with Crippen molar-refractivity contribution >= 4 is 28.6 Å². The van der Waals surface area contributed by atoms with Gasteiger partial charge in [0.25, 0.3) is 0 Å². The number of fused-ring (bicyclic) bond motifs is 1. The van der Waals surface area contributed by atoms with Crippen molar-refractivity contribution in [1.82, 2.24) is 10.3 Å². The number of carbonyl (C=O) groups is 1. The minimum Gasteiger partial charge on any atom is -0.490 e. The van der Waals surface area contributed by atoms with Gasteiger partial charge in [0, 0.05) is 17.4 Å². The fourth-order valence-corrected chi connectivity index (χ4v) is 3.74. The minimum absolute atomic E-state index is 0.0399. The molecule has 1 aromatic heterocycles. The monoisotopic (exact) mass is 443 g/mol. The van der Waals surface area contributed by atoms with Crippen LogP contribution in [0.25, 0.3) is 10.9 Å². The molecule has 1 heterocycles. The fourth-order valence-electron chi connectivity index (χ4n) is 3.74. The highest BCUT2D eigenvalue weighted by Crippen LogP contribution is 2.33. The van der Waals surface area contributed by atoms with E-state index in [1.165, 1.54) is 0 Å². The highest BCUT2D eigenvalue weighted by Gasteiger charge is 2.24. The Bertz CT molecular complexity index is 941. The predicted octanol–water partition coefficient (Wildman–Crippen LogP) is 3.41. The largest absolute Gasteiger partial charge is 0.490 e. The van der Waals surface area contributed by atoms with E-state index in [0.717, 1.165) is 48.0 Å². The Balaban J connectivity index is 0.00000114. The van der Waals surface area contributed by atoms with Crippen LogP contribution in [0.5, 0.6) is 5.75 Å². The molecule has 0 atom stereocenters. The molecule has 2 aromatic rings. The average molecular weight is 444 g/mol. The van der Waals surface area contributed by atoms with Crippen LogP contribution in [-0.4, -0.2) is 42.4 Å². The van der Waals surface area contributed by atoms with Crippen LogP contribution < -0.4 is 15.8 Å². The molecule has 1 aromatic carbocycles. The molecule has 32 heavy (non-hydrogen) atoms. The average Bonchev–Trinajstić information content (AvgIpc) is 2.69. The number of hydrogen-bond acceptors (Lipinski definition) is 7. The minimum atomic E-state index is -0.0399. The molecule has 0 spiro atoms. The molecule has 0 aliphatic heterocycles. The van der Waals surface area contributed by atoms with Crippen molar-refractivity contribution in [2.24, 2.45) is 5.41 Å². The van der Waals surface area contributed by atoms with Gasteiger partial charge in [-0.05, 0) is 56.2 Å². The standard InChI is InChI=1S/C23H33N3O3.CO2/c1-15-12-18(24)22-19(25-15)6-5-7-20(22)29-17-10-8-16(9-11-17)26-21(27)13-28-14-23(2,3)4;2-1-3/h5-7,12,16-17H,8-11,13-14H2,1-4H3,(H2,24,25)(H,26,27);. The van der Waals surface area contributed by atoms with Crippen LogP contribution in [-0.2, 0) is 19.1 Å². The Morgan fingerprint density at radius 3 is 2.50 bits per heavy atom.